The average molecular weight is 317 g/mol. The van der Waals surface area contributed by atoms with E-state index in [0.717, 1.165) is 25.9 Å². The number of halogens is 1. The molecule has 0 aliphatic carbocycles. The number of aromatic nitrogens is 1. The minimum atomic E-state index is 0.00771. The molecule has 1 aliphatic rings. The lowest BCUT2D eigenvalue weighted by Gasteiger charge is -2.32. The van der Waals surface area contributed by atoms with E-state index in [0.29, 0.717) is 16.6 Å². The van der Waals surface area contributed by atoms with Crippen molar-refractivity contribution in [3.63, 3.8) is 0 Å². The number of hydrogen-bond acceptors (Lipinski definition) is 3. The molecule has 1 aromatic heterocycles. The summed E-state index contributed by atoms with van der Waals surface area (Å²) >= 11 is 5.75. The Hall–Kier alpha value is -2.07. The Balaban J connectivity index is 1.62. The van der Waals surface area contributed by atoms with Crippen molar-refractivity contribution in [2.75, 3.05) is 13.1 Å². The van der Waals surface area contributed by atoms with Gasteiger partial charge in [0.1, 0.15) is 10.9 Å². The quantitative estimate of drug-likeness (QED) is 0.863. The number of nitrogens with zero attached hydrogens (tertiary/aromatic N) is 2. The van der Waals surface area contributed by atoms with Crippen LogP contribution in [0.3, 0.4) is 0 Å². The van der Waals surface area contributed by atoms with Crippen molar-refractivity contribution in [2.45, 2.75) is 18.8 Å². The molecule has 0 saturated carbocycles. The third-order valence-corrected chi connectivity index (χ3v) is 4.34. The van der Waals surface area contributed by atoms with Crippen LogP contribution in [0.4, 0.5) is 0 Å². The fourth-order valence-electron chi connectivity index (χ4n) is 2.85. The molecule has 1 aromatic carbocycles. The third kappa shape index (κ3) is 3.22. The zero-order valence-electron chi connectivity index (χ0n) is 12.1. The van der Waals surface area contributed by atoms with Gasteiger partial charge in [0.2, 0.25) is 0 Å². The van der Waals surface area contributed by atoms with E-state index in [1.54, 1.807) is 24.3 Å². The minimum Gasteiger partial charge on any atom is -0.508 e. The molecule has 1 saturated heterocycles. The lowest BCUT2D eigenvalue weighted by atomic mass is 9.89. The second-order valence-electron chi connectivity index (χ2n) is 5.53. The molecule has 0 unspecified atom stereocenters. The number of phenolic OH excluding ortho intramolecular Hbond substituents is 1. The first-order valence-electron chi connectivity index (χ1n) is 7.33. The van der Waals surface area contributed by atoms with E-state index in [1.165, 1.54) is 11.8 Å². The van der Waals surface area contributed by atoms with E-state index in [9.17, 15) is 9.90 Å². The fourth-order valence-corrected chi connectivity index (χ4v) is 2.96. The zero-order chi connectivity index (χ0) is 15.5. The molecule has 4 nitrogen and oxygen atoms in total. The minimum absolute atomic E-state index is 0.00771. The molecular formula is C17H17ClN2O2. The van der Waals surface area contributed by atoms with Crippen LogP contribution in [0.2, 0.25) is 5.15 Å². The van der Waals surface area contributed by atoms with Gasteiger partial charge in [0, 0.05) is 19.3 Å². The van der Waals surface area contributed by atoms with Gasteiger partial charge in [0.05, 0.1) is 5.56 Å². The number of pyridine rings is 1. The molecule has 0 radical (unpaired) electrons. The molecule has 114 valence electrons. The summed E-state index contributed by atoms with van der Waals surface area (Å²) in [5, 5.41) is 9.74. The van der Waals surface area contributed by atoms with Crippen LogP contribution in [0.1, 0.15) is 34.7 Å². The maximum atomic E-state index is 12.4. The summed E-state index contributed by atoms with van der Waals surface area (Å²) in [6.45, 7) is 1.46. The van der Waals surface area contributed by atoms with Gasteiger partial charge in [-0.15, -0.1) is 0 Å². The molecule has 0 bridgehead atoms. The number of aromatic hydroxyl groups is 1. The maximum Gasteiger partial charge on any atom is 0.255 e. The van der Waals surface area contributed by atoms with Gasteiger partial charge in [-0.25, -0.2) is 4.98 Å². The Morgan fingerprint density at radius 1 is 1.14 bits per heavy atom. The standard InChI is InChI=1S/C17H17ClN2O2/c18-16-6-3-14(11-19-16)17(22)20-9-7-13(8-10-20)12-1-4-15(21)5-2-12/h1-6,11,13,21H,7-10H2. The van der Waals surface area contributed by atoms with E-state index in [-0.39, 0.29) is 11.7 Å². The highest BCUT2D eigenvalue weighted by Gasteiger charge is 2.24. The molecule has 5 heteroatoms. The highest BCUT2D eigenvalue weighted by Crippen LogP contribution is 2.29. The summed E-state index contributed by atoms with van der Waals surface area (Å²) in [4.78, 5) is 18.2. The van der Waals surface area contributed by atoms with Crippen molar-refractivity contribution in [3.05, 3.63) is 58.9 Å². The molecule has 1 aliphatic heterocycles. The first-order chi connectivity index (χ1) is 10.6. The number of rotatable bonds is 2. The molecular weight excluding hydrogens is 300 g/mol. The van der Waals surface area contributed by atoms with Crippen LogP contribution in [0.25, 0.3) is 0 Å². The van der Waals surface area contributed by atoms with Gasteiger partial charge in [-0.1, -0.05) is 23.7 Å². The normalized spacial score (nSPS) is 15.8. The summed E-state index contributed by atoms with van der Waals surface area (Å²) in [5.74, 6) is 0.730. The van der Waals surface area contributed by atoms with Gasteiger partial charge in [-0.05, 0) is 48.6 Å². The number of amides is 1. The largest absolute Gasteiger partial charge is 0.508 e. The van der Waals surface area contributed by atoms with Gasteiger partial charge in [0.15, 0.2) is 0 Å². The van der Waals surface area contributed by atoms with Gasteiger partial charge in [-0.2, -0.15) is 0 Å². The second kappa shape index (κ2) is 6.36. The first kappa shape index (κ1) is 14.9. The zero-order valence-corrected chi connectivity index (χ0v) is 12.8. The first-order valence-corrected chi connectivity index (χ1v) is 7.71. The highest BCUT2D eigenvalue weighted by molar-refractivity contribution is 6.29. The van der Waals surface area contributed by atoms with Crippen LogP contribution in [-0.2, 0) is 0 Å². The van der Waals surface area contributed by atoms with Crippen LogP contribution in [-0.4, -0.2) is 34.0 Å². The Kier molecular flexibility index (Phi) is 4.29. The summed E-state index contributed by atoms with van der Waals surface area (Å²) in [6.07, 6.45) is 3.38. The van der Waals surface area contributed by atoms with Crippen LogP contribution < -0.4 is 0 Å². The van der Waals surface area contributed by atoms with Crippen molar-refractivity contribution < 1.29 is 9.90 Å². The predicted octanol–water partition coefficient (Wildman–Crippen LogP) is 3.46. The Morgan fingerprint density at radius 3 is 2.41 bits per heavy atom. The van der Waals surface area contributed by atoms with E-state index in [2.05, 4.69) is 4.98 Å². The molecule has 1 amide bonds. The molecule has 3 rings (SSSR count). The fraction of sp³-hybridized carbons (Fsp3) is 0.294. The Morgan fingerprint density at radius 2 is 1.82 bits per heavy atom. The van der Waals surface area contributed by atoms with E-state index >= 15 is 0 Å². The molecule has 1 fully saturated rings. The number of benzene rings is 1. The summed E-state index contributed by atoms with van der Waals surface area (Å²) < 4.78 is 0. The van der Waals surface area contributed by atoms with Crippen LogP contribution >= 0.6 is 11.6 Å². The van der Waals surface area contributed by atoms with Crippen molar-refractivity contribution in [1.29, 1.82) is 0 Å². The molecule has 0 spiro atoms. The number of carbonyl (C=O) groups excluding carboxylic acids is 1. The van der Waals surface area contributed by atoms with Crippen LogP contribution in [0.15, 0.2) is 42.6 Å². The molecule has 2 aromatic rings. The number of hydrogen-bond donors (Lipinski definition) is 1. The SMILES string of the molecule is O=C(c1ccc(Cl)nc1)N1CCC(c2ccc(O)cc2)CC1. The molecule has 1 N–H and O–H groups in total. The average Bonchev–Trinajstić information content (AvgIpc) is 2.56. The maximum absolute atomic E-state index is 12.4. The number of likely N-dealkylation sites (tertiary alicyclic amines) is 1. The summed E-state index contributed by atoms with van der Waals surface area (Å²) in [7, 11) is 0. The third-order valence-electron chi connectivity index (χ3n) is 4.12. The number of carbonyl (C=O) groups is 1. The topological polar surface area (TPSA) is 53.4 Å². The van der Waals surface area contributed by atoms with Gasteiger partial charge >= 0.3 is 0 Å². The predicted molar refractivity (Wildman–Crippen MR) is 85.2 cm³/mol. The van der Waals surface area contributed by atoms with E-state index in [4.69, 9.17) is 11.6 Å². The van der Waals surface area contributed by atoms with Crippen LogP contribution in [0, 0.1) is 0 Å². The van der Waals surface area contributed by atoms with Crippen molar-refractivity contribution in [1.82, 2.24) is 9.88 Å². The lowest BCUT2D eigenvalue weighted by Crippen LogP contribution is -2.37. The molecule has 22 heavy (non-hydrogen) atoms. The second-order valence-corrected chi connectivity index (χ2v) is 5.91. The van der Waals surface area contributed by atoms with Crippen molar-refractivity contribution in [2.24, 2.45) is 0 Å². The Bertz CT molecular complexity index is 647. The number of piperidine rings is 1. The Labute approximate surface area is 134 Å². The molecule has 0 atom stereocenters. The van der Waals surface area contributed by atoms with E-state index < -0.39 is 0 Å². The van der Waals surface area contributed by atoms with Gasteiger partial charge < -0.3 is 10.0 Å². The van der Waals surface area contributed by atoms with Gasteiger partial charge in [-0.3, -0.25) is 4.79 Å². The monoisotopic (exact) mass is 316 g/mol. The van der Waals surface area contributed by atoms with Crippen LogP contribution in [0.5, 0.6) is 5.75 Å². The highest BCUT2D eigenvalue weighted by atomic mass is 35.5. The van der Waals surface area contributed by atoms with Gasteiger partial charge in [0.25, 0.3) is 5.91 Å². The number of phenols is 1. The van der Waals surface area contributed by atoms with Crippen molar-refractivity contribution in [3.8, 4) is 5.75 Å². The summed E-state index contributed by atoms with van der Waals surface area (Å²) in [5.41, 5.74) is 1.80. The van der Waals surface area contributed by atoms with Crippen molar-refractivity contribution >= 4 is 17.5 Å². The summed E-state index contributed by atoms with van der Waals surface area (Å²) in [6, 6.07) is 10.7. The lowest BCUT2D eigenvalue weighted by molar-refractivity contribution is 0.0712. The smallest absolute Gasteiger partial charge is 0.255 e. The molecule has 2 heterocycles. The van der Waals surface area contributed by atoms with E-state index in [1.807, 2.05) is 17.0 Å².